The van der Waals surface area contributed by atoms with Crippen molar-refractivity contribution in [3.63, 3.8) is 0 Å². The summed E-state index contributed by atoms with van der Waals surface area (Å²) in [7, 11) is 0. The van der Waals surface area contributed by atoms with Crippen LogP contribution in [0.3, 0.4) is 0 Å². The Morgan fingerprint density at radius 1 is 1.50 bits per heavy atom. The summed E-state index contributed by atoms with van der Waals surface area (Å²) < 4.78 is 10.9. The van der Waals surface area contributed by atoms with E-state index >= 15 is 0 Å². The van der Waals surface area contributed by atoms with Crippen LogP contribution in [0.2, 0.25) is 0 Å². The molecule has 1 heterocycles. The van der Waals surface area contributed by atoms with Crippen LogP contribution in [0, 0.1) is 5.92 Å². The molecule has 0 aliphatic rings. The van der Waals surface area contributed by atoms with Crippen LogP contribution in [-0.2, 0) is 17.9 Å². The Bertz CT molecular complexity index is 284. The van der Waals surface area contributed by atoms with E-state index in [-0.39, 0.29) is 0 Å². The second-order valence-electron chi connectivity index (χ2n) is 4.30. The van der Waals surface area contributed by atoms with Crippen molar-refractivity contribution in [3.05, 3.63) is 17.8 Å². The van der Waals surface area contributed by atoms with Crippen molar-refractivity contribution in [2.75, 3.05) is 13.2 Å². The lowest BCUT2D eigenvalue weighted by Gasteiger charge is -2.04. The third kappa shape index (κ3) is 5.28. The van der Waals surface area contributed by atoms with Crippen molar-refractivity contribution >= 4 is 0 Å². The third-order valence-electron chi connectivity index (χ3n) is 2.02. The first-order valence-corrected chi connectivity index (χ1v) is 5.94. The van der Waals surface area contributed by atoms with Gasteiger partial charge in [-0.3, -0.25) is 0 Å². The van der Waals surface area contributed by atoms with Gasteiger partial charge in [-0.25, -0.2) is 4.98 Å². The van der Waals surface area contributed by atoms with E-state index in [4.69, 9.17) is 9.15 Å². The van der Waals surface area contributed by atoms with E-state index in [1.807, 2.05) is 0 Å². The van der Waals surface area contributed by atoms with Gasteiger partial charge in [0.25, 0.3) is 0 Å². The Kier molecular flexibility index (Phi) is 6.11. The average molecular weight is 226 g/mol. The smallest absolute Gasteiger partial charge is 0.208 e. The van der Waals surface area contributed by atoms with Crippen LogP contribution in [0.1, 0.15) is 38.8 Å². The largest absolute Gasteiger partial charge is 0.442 e. The number of hydrogen-bond acceptors (Lipinski definition) is 4. The minimum absolute atomic E-state index is 0.519. The molecule has 1 aromatic heterocycles. The number of hydrogen-bond donors (Lipinski definition) is 1. The summed E-state index contributed by atoms with van der Waals surface area (Å²) in [5.74, 6) is 2.17. The molecule has 0 fully saturated rings. The molecule has 4 nitrogen and oxygen atoms in total. The van der Waals surface area contributed by atoms with Gasteiger partial charge < -0.3 is 14.5 Å². The van der Waals surface area contributed by atoms with Crippen LogP contribution in [0.4, 0.5) is 0 Å². The SMILES string of the molecule is CCCOCc1cnc(CNCC(C)C)o1. The van der Waals surface area contributed by atoms with Crippen LogP contribution >= 0.6 is 0 Å². The summed E-state index contributed by atoms with van der Waals surface area (Å²) in [5.41, 5.74) is 0. The maximum atomic E-state index is 5.51. The summed E-state index contributed by atoms with van der Waals surface area (Å²) in [6.07, 6.45) is 2.76. The molecule has 1 aromatic rings. The van der Waals surface area contributed by atoms with Gasteiger partial charge in [-0.15, -0.1) is 0 Å². The molecule has 4 heteroatoms. The van der Waals surface area contributed by atoms with Gasteiger partial charge in [0.1, 0.15) is 12.4 Å². The lowest BCUT2D eigenvalue weighted by molar-refractivity contribution is 0.106. The summed E-state index contributed by atoms with van der Waals surface area (Å²) in [5, 5.41) is 3.28. The zero-order valence-corrected chi connectivity index (χ0v) is 10.5. The van der Waals surface area contributed by atoms with Gasteiger partial charge in [-0.2, -0.15) is 0 Å². The topological polar surface area (TPSA) is 47.3 Å². The zero-order valence-electron chi connectivity index (χ0n) is 10.5. The molecule has 0 saturated carbocycles. The number of rotatable bonds is 8. The maximum Gasteiger partial charge on any atom is 0.208 e. The Balaban J connectivity index is 2.22. The molecule has 0 aliphatic carbocycles. The number of oxazole rings is 1. The van der Waals surface area contributed by atoms with Crippen LogP contribution in [0.5, 0.6) is 0 Å². The van der Waals surface area contributed by atoms with E-state index in [0.29, 0.717) is 19.1 Å². The summed E-state index contributed by atoms with van der Waals surface area (Å²) in [6, 6.07) is 0. The van der Waals surface area contributed by atoms with Gasteiger partial charge in [0, 0.05) is 6.61 Å². The van der Waals surface area contributed by atoms with Crippen LogP contribution in [0.15, 0.2) is 10.6 Å². The molecular weight excluding hydrogens is 204 g/mol. The molecule has 0 amide bonds. The molecule has 0 unspecified atom stereocenters. The van der Waals surface area contributed by atoms with Gasteiger partial charge in [0.05, 0.1) is 12.7 Å². The molecule has 0 atom stereocenters. The van der Waals surface area contributed by atoms with Crippen molar-refractivity contribution < 1.29 is 9.15 Å². The van der Waals surface area contributed by atoms with Gasteiger partial charge >= 0.3 is 0 Å². The highest BCUT2D eigenvalue weighted by atomic mass is 16.5. The number of nitrogens with zero attached hydrogens (tertiary/aromatic N) is 1. The van der Waals surface area contributed by atoms with Crippen LogP contribution in [0.25, 0.3) is 0 Å². The predicted molar refractivity (Wildman–Crippen MR) is 63.0 cm³/mol. The van der Waals surface area contributed by atoms with Gasteiger partial charge in [-0.1, -0.05) is 20.8 Å². The number of aromatic nitrogens is 1. The van der Waals surface area contributed by atoms with E-state index in [0.717, 1.165) is 31.2 Å². The van der Waals surface area contributed by atoms with E-state index < -0.39 is 0 Å². The lowest BCUT2D eigenvalue weighted by atomic mass is 10.2. The minimum Gasteiger partial charge on any atom is -0.442 e. The van der Waals surface area contributed by atoms with Gasteiger partial charge in [0.15, 0.2) is 0 Å². The molecule has 0 radical (unpaired) electrons. The monoisotopic (exact) mass is 226 g/mol. The fourth-order valence-corrected chi connectivity index (χ4v) is 1.28. The Morgan fingerprint density at radius 3 is 3.00 bits per heavy atom. The second-order valence-corrected chi connectivity index (χ2v) is 4.30. The zero-order chi connectivity index (χ0) is 11.8. The predicted octanol–water partition coefficient (Wildman–Crippen LogP) is 2.35. The fraction of sp³-hybridized carbons (Fsp3) is 0.750. The molecule has 1 N–H and O–H groups in total. The summed E-state index contributed by atoms with van der Waals surface area (Å²) in [6.45, 7) is 9.38. The van der Waals surface area contributed by atoms with Crippen molar-refractivity contribution in [1.82, 2.24) is 10.3 Å². The summed E-state index contributed by atoms with van der Waals surface area (Å²) >= 11 is 0. The molecule has 1 rings (SSSR count). The average Bonchev–Trinajstić information content (AvgIpc) is 2.66. The fourth-order valence-electron chi connectivity index (χ4n) is 1.28. The minimum atomic E-state index is 0.519. The lowest BCUT2D eigenvalue weighted by Crippen LogP contribution is -2.19. The maximum absolute atomic E-state index is 5.51. The second kappa shape index (κ2) is 7.41. The van der Waals surface area contributed by atoms with Crippen molar-refractivity contribution in [1.29, 1.82) is 0 Å². The quantitative estimate of drug-likeness (QED) is 0.691. The van der Waals surface area contributed by atoms with E-state index in [1.165, 1.54) is 0 Å². The van der Waals surface area contributed by atoms with Crippen LogP contribution in [-0.4, -0.2) is 18.1 Å². The molecule has 0 aliphatic heterocycles. The Hall–Kier alpha value is -0.870. The first-order chi connectivity index (χ1) is 7.72. The molecular formula is C12H22N2O2. The van der Waals surface area contributed by atoms with E-state index in [1.54, 1.807) is 6.20 Å². The van der Waals surface area contributed by atoms with E-state index in [9.17, 15) is 0 Å². The highest BCUT2D eigenvalue weighted by Crippen LogP contribution is 2.05. The number of nitrogens with one attached hydrogen (secondary N) is 1. The van der Waals surface area contributed by atoms with E-state index in [2.05, 4.69) is 31.1 Å². The van der Waals surface area contributed by atoms with Gasteiger partial charge in [-0.05, 0) is 18.9 Å². The Morgan fingerprint density at radius 2 is 2.31 bits per heavy atom. The molecule has 0 spiro atoms. The summed E-state index contributed by atoms with van der Waals surface area (Å²) in [4.78, 5) is 4.18. The van der Waals surface area contributed by atoms with Crippen LogP contribution < -0.4 is 5.32 Å². The molecule has 16 heavy (non-hydrogen) atoms. The highest BCUT2D eigenvalue weighted by molar-refractivity contribution is 4.92. The number of ether oxygens (including phenoxy) is 1. The van der Waals surface area contributed by atoms with Crippen molar-refractivity contribution in [2.24, 2.45) is 5.92 Å². The molecule has 0 bridgehead atoms. The third-order valence-corrected chi connectivity index (χ3v) is 2.02. The highest BCUT2D eigenvalue weighted by Gasteiger charge is 2.03. The standard InChI is InChI=1S/C12H22N2O2/c1-4-5-15-9-11-7-14-12(16-11)8-13-6-10(2)3/h7,10,13H,4-6,8-9H2,1-3H3. The molecule has 0 saturated heterocycles. The first-order valence-electron chi connectivity index (χ1n) is 5.94. The van der Waals surface area contributed by atoms with Crippen molar-refractivity contribution in [3.8, 4) is 0 Å². The van der Waals surface area contributed by atoms with Gasteiger partial charge in [0.2, 0.25) is 5.89 Å². The normalized spacial score (nSPS) is 11.2. The molecule has 0 aromatic carbocycles. The van der Waals surface area contributed by atoms with Crippen molar-refractivity contribution in [2.45, 2.75) is 40.3 Å². The first kappa shape index (κ1) is 13.2. The molecule has 92 valence electrons. The Labute approximate surface area is 97.4 Å².